The predicted octanol–water partition coefficient (Wildman–Crippen LogP) is 3.71. The Morgan fingerprint density at radius 3 is 2.90 bits per heavy atom. The minimum absolute atomic E-state index is 0.0829. The van der Waals surface area contributed by atoms with E-state index in [1.54, 1.807) is 43.5 Å². The van der Waals surface area contributed by atoms with Crippen molar-refractivity contribution in [1.82, 2.24) is 10.3 Å². The zero-order chi connectivity index (χ0) is 21.3. The highest BCUT2D eigenvalue weighted by Gasteiger charge is 2.25. The Kier molecular flexibility index (Phi) is 7.76. The molecule has 1 N–H and O–H groups in total. The highest BCUT2D eigenvalue weighted by atomic mass is 19.1. The molecule has 1 aromatic heterocycles. The van der Waals surface area contributed by atoms with Gasteiger partial charge in [-0.05, 0) is 50.3 Å². The average Bonchev–Trinajstić information content (AvgIpc) is 2.77. The Hall–Kier alpha value is -2.96. The van der Waals surface area contributed by atoms with Crippen molar-refractivity contribution < 1.29 is 18.7 Å². The van der Waals surface area contributed by atoms with Gasteiger partial charge >= 0.3 is 5.97 Å². The molecule has 160 valence electrons. The molecule has 0 saturated carbocycles. The molecule has 2 aromatic rings. The number of hydrogen-bond donors (Lipinski definition) is 1. The van der Waals surface area contributed by atoms with Crippen LogP contribution in [-0.2, 0) is 16.1 Å². The summed E-state index contributed by atoms with van der Waals surface area (Å²) in [5.74, 6) is 0.212. The van der Waals surface area contributed by atoms with Gasteiger partial charge in [0.1, 0.15) is 17.2 Å². The summed E-state index contributed by atoms with van der Waals surface area (Å²) in [6.07, 6.45) is 4.80. The number of amides is 1. The third kappa shape index (κ3) is 5.78. The summed E-state index contributed by atoms with van der Waals surface area (Å²) < 4.78 is 18.8. The van der Waals surface area contributed by atoms with E-state index in [0.717, 1.165) is 32.4 Å². The molecule has 0 bridgehead atoms. The van der Waals surface area contributed by atoms with Crippen molar-refractivity contribution in [2.75, 3.05) is 24.6 Å². The first-order valence-corrected chi connectivity index (χ1v) is 10.5. The Morgan fingerprint density at radius 2 is 2.10 bits per heavy atom. The van der Waals surface area contributed by atoms with Crippen molar-refractivity contribution >= 4 is 17.7 Å². The maximum atomic E-state index is 13.7. The van der Waals surface area contributed by atoms with E-state index in [4.69, 9.17) is 4.74 Å². The van der Waals surface area contributed by atoms with Gasteiger partial charge in [-0.25, -0.2) is 14.2 Å². The second-order valence-corrected chi connectivity index (χ2v) is 7.46. The lowest BCUT2D eigenvalue weighted by atomic mass is 9.93. The molecule has 6 nitrogen and oxygen atoms in total. The van der Waals surface area contributed by atoms with Crippen LogP contribution in [0.25, 0.3) is 0 Å². The number of hydrogen-bond acceptors (Lipinski definition) is 5. The lowest BCUT2D eigenvalue weighted by molar-refractivity contribution is -0.121. The SMILES string of the molecule is CCOC(=O)c1cccnc1N1CCC[C@H](CCC(=O)NCc2ccccc2F)C1. The molecule has 7 heteroatoms. The summed E-state index contributed by atoms with van der Waals surface area (Å²) in [6, 6.07) is 9.91. The number of esters is 1. The Labute approximate surface area is 176 Å². The second kappa shape index (κ2) is 10.7. The molecule has 0 spiro atoms. The largest absolute Gasteiger partial charge is 0.462 e. The highest BCUT2D eigenvalue weighted by Crippen LogP contribution is 2.27. The Bertz CT molecular complexity index is 874. The first-order valence-electron chi connectivity index (χ1n) is 10.5. The first-order chi connectivity index (χ1) is 14.6. The van der Waals surface area contributed by atoms with Crippen LogP contribution < -0.4 is 10.2 Å². The molecule has 1 aliphatic rings. The van der Waals surface area contributed by atoms with Gasteiger partial charge in [0.2, 0.25) is 5.91 Å². The fourth-order valence-corrected chi connectivity index (χ4v) is 3.77. The lowest BCUT2D eigenvalue weighted by Crippen LogP contribution is -2.37. The Morgan fingerprint density at radius 1 is 1.27 bits per heavy atom. The number of aromatic nitrogens is 1. The zero-order valence-electron chi connectivity index (χ0n) is 17.3. The van der Waals surface area contributed by atoms with E-state index in [1.807, 2.05) is 0 Å². The van der Waals surface area contributed by atoms with Crippen LogP contribution in [0.3, 0.4) is 0 Å². The molecule has 0 unspecified atom stereocenters. The summed E-state index contributed by atoms with van der Waals surface area (Å²) >= 11 is 0. The number of rotatable bonds is 8. The van der Waals surface area contributed by atoms with Crippen LogP contribution in [0.4, 0.5) is 10.2 Å². The molecule has 1 fully saturated rings. The molecule has 1 saturated heterocycles. The van der Waals surface area contributed by atoms with Gasteiger partial charge in [-0.1, -0.05) is 18.2 Å². The van der Waals surface area contributed by atoms with Crippen LogP contribution in [0, 0.1) is 11.7 Å². The third-order valence-electron chi connectivity index (χ3n) is 5.31. The van der Waals surface area contributed by atoms with E-state index in [0.29, 0.717) is 35.9 Å². The number of carbonyl (C=O) groups is 2. The number of halogens is 1. The average molecular weight is 413 g/mol. The Balaban J connectivity index is 1.52. The molecular formula is C23H28FN3O3. The van der Waals surface area contributed by atoms with Crippen molar-refractivity contribution in [3.63, 3.8) is 0 Å². The first kappa shape index (κ1) is 21.7. The molecule has 0 aliphatic carbocycles. The van der Waals surface area contributed by atoms with Gasteiger partial charge in [0.25, 0.3) is 0 Å². The van der Waals surface area contributed by atoms with Gasteiger partial charge in [-0.3, -0.25) is 4.79 Å². The number of anilines is 1. The number of pyridine rings is 1. The zero-order valence-corrected chi connectivity index (χ0v) is 17.3. The minimum atomic E-state index is -0.366. The maximum absolute atomic E-state index is 13.7. The minimum Gasteiger partial charge on any atom is -0.462 e. The topological polar surface area (TPSA) is 71.5 Å². The van der Waals surface area contributed by atoms with Crippen LogP contribution in [0.2, 0.25) is 0 Å². The number of nitrogens with zero attached hydrogens (tertiary/aromatic N) is 2. The van der Waals surface area contributed by atoms with Crippen molar-refractivity contribution in [2.45, 2.75) is 39.2 Å². The smallest absolute Gasteiger partial charge is 0.341 e. The van der Waals surface area contributed by atoms with E-state index in [-0.39, 0.29) is 24.2 Å². The highest BCUT2D eigenvalue weighted by molar-refractivity contribution is 5.94. The molecular weight excluding hydrogens is 385 g/mol. The quantitative estimate of drug-likeness (QED) is 0.668. The normalized spacial score (nSPS) is 16.2. The second-order valence-electron chi connectivity index (χ2n) is 7.46. The lowest BCUT2D eigenvalue weighted by Gasteiger charge is -2.34. The predicted molar refractivity (Wildman–Crippen MR) is 113 cm³/mol. The van der Waals surface area contributed by atoms with Crippen molar-refractivity contribution in [3.8, 4) is 0 Å². The number of nitrogens with one attached hydrogen (secondary N) is 1. The van der Waals surface area contributed by atoms with Crippen LogP contribution in [0.5, 0.6) is 0 Å². The molecule has 3 rings (SSSR count). The van der Waals surface area contributed by atoms with E-state index >= 15 is 0 Å². The van der Waals surface area contributed by atoms with Crippen LogP contribution in [0.15, 0.2) is 42.6 Å². The molecule has 1 aromatic carbocycles. The van der Waals surface area contributed by atoms with Crippen molar-refractivity contribution in [3.05, 3.63) is 59.5 Å². The van der Waals surface area contributed by atoms with Crippen LogP contribution >= 0.6 is 0 Å². The van der Waals surface area contributed by atoms with Crippen LogP contribution in [0.1, 0.15) is 48.5 Å². The fraction of sp³-hybridized carbons (Fsp3) is 0.435. The standard InChI is InChI=1S/C23H28FN3O3/c1-2-30-23(29)19-9-5-13-25-22(19)27-14-6-7-17(16-27)11-12-21(28)26-15-18-8-3-4-10-20(18)24/h3-5,8-10,13,17H,2,6-7,11-12,14-16H2,1H3,(H,26,28)/t17-/m1/s1. The molecule has 1 aliphatic heterocycles. The molecule has 2 heterocycles. The summed E-state index contributed by atoms with van der Waals surface area (Å²) in [5.41, 5.74) is 0.957. The summed E-state index contributed by atoms with van der Waals surface area (Å²) in [5, 5.41) is 2.79. The number of benzene rings is 1. The van der Waals surface area contributed by atoms with Gasteiger partial charge in [0.05, 0.1) is 6.61 Å². The number of carbonyl (C=O) groups excluding carboxylic acids is 2. The van der Waals surface area contributed by atoms with Crippen molar-refractivity contribution in [2.24, 2.45) is 5.92 Å². The summed E-state index contributed by atoms with van der Waals surface area (Å²) in [4.78, 5) is 31.0. The monoisotopic (exact) mass is 413 g/mol. The van der Waals surface area contributed by atoms with Gasteiger partial charge in [-0.15, -0.1) is 0 Å². The van der Waals surface area contributed by atoms with E-state index in [9.17, 15) is 14.0 Å². The van der Waals surface area contributed by atoms with Gasteiger partial charge in [0, 0.05) is 37.8 Å². The molecule has 1 amide bonds. The molecule has 30 heavy (non-hydrogen) atoms. The molecule has 1 atom stereocenters. The maximum Gasteiger partial charge on any atom is 0.341 e. The number of piperidine rings is 1. The fourth-order valence-electron chi connectivity index (χ4n) is 3.77. The third-order valence-corrected chi connectivity index (χ3v) is 5.31. The van der Waals surface area contributed by atoms with Gasteiger partial charge in [0.15, 0.2) is 0 Å². The summed E-state index contributed by atoms with van der Waals surface area (Å²) in [6.45, 7) is 3.85. The van der Waals surface area contributed by atoms with Gasteiger partial charge in [-0.2, -0.15) is 0 Å². The summed E-state index contributed by atoms with van der Waals surface area (Å²) in [7, 11) is 0. The van der Waals surface area contributed by atoms with Crippen molar-refractivity contribution in [1.29, 1.82) is 0 Å². The van der Waals surface area contributed by atoms with Crippen LogP contribution in [-0.4, -0.2) is 36.6 Å². The van der Waals surface area contributed by atoms with E-state index in [1.165, 1.54) is 6.07 Å². The van der Waals surface area contributed by atoms with E-state index in [2.05, 4.69) is 15.2 Å². The van der Waals surface area contributed by atoms with E-state index < -0.39 is 0 Å². The number of ether oxygens (including phenoxy) is 1. The molecule has 0 radical (unpaired) electrons. The van der Waals surface area contributed by atoms with Gasteiger partial charge < -0.3 is 15.0 Å².